The first kappa shape index (κ1) is 19.4. The fourth-order valence-corrected chi connectivity index (χ4v) is 3.97. The van der Waals surface area contributed by atoms with Crippen LogP contribution >= 0.6 is 11.3 Å². The molecule has 0 saturated carbocycles. The number of pyridine rings is 1. The SMILES string of the molecule is O=C(c1csc(-c2cccc(C(F)(F)F)c2)n1)N1CCN(c2ccccn2)CC1. The highest BCUT2D eigenvalue weighted by atomic mass is 32.1. The average Bonchev–Trinajstić information content (AvgIpc) is 3.24. The number of piperazine rings is 1. The number of thiazole rings is 1. The zero-order valence-corrected chi connectivity index (χ0v) is 16.1. The van der Waals surface area contributed by atoms with Crippen LogP contribution < -0.4 is 4.90 Å². The highest BCUT2D eigenvalue weighted by molar-refractivity contribution is 7.13. The summed E-state index contributed by atoms with van der Waals surface area (Å²) >= 11 is 1.17. The third kappa shape index (κ3) is 4.24. The van der Waals surface area contributed by atoms with E-state index in [1.54, 1.807) is 22.5 Å². The lowest BCUT2D eigenvalue weighted by atomic mass is 10.1. The van der Waals surface area contributed by atoms with Crippen LogP contribution in [0.1, 0.15) is 16.1 Å². The van der Waals surface area contributed by atoms with Crippen LogP contribution in [0, 0.1) is 0 Å². The number of carbonyl (C=O) groups excluding carboxylic acids is 1. The molecule has 3 heterocycles. The molecule has 0 N–H and O–H groups in total. The van der Waals surface area contributed by atoms with Gasteiger partial charge in [0.1, 0.15) is 16.5 Å². The molecule has 4 rings (SSSR count). The van der Waals surface area contributed by atoms with E-state index in [1.807, 2.05) is 18.2 Å². The standard InChI is InChI=1S/C20H17F3N4OS/c21-20(22,23)15-5-3-4-14(12-15)18-25-16(13-29-18)19(28)27-10-8-26(9-11-27)17-6-1-2-7-24-17/h1-7,12-13H,8-11H2. The van der Waals surface area contributed by atoms with Crippen molar-refractivity contribution in [2.24, 2.45) is 0 Å². The van der Waals surface area contributed by atoms with Crippen molar-refractivity contribution in [3.05, 3.63) is 65.3 Å². The number of benzene rings is 1. The van der Waals surface area contributed by atoms with Crippen LogP contribution in [-0.4, -0.2) is 47.0 Å². The zero-order valence-electron chi connectivity index (χ0n) is 15.3. The van der Waals surface area contributed by atoms with E-state index in [-0.39, 0.29) is 11.6 Å². The van der Waals surface area contributed by atoms with Crippen LogP contribution in [0.4, 0.5) is 19.0 Å². The third-order valence-electron chi connectivity index (χ3n) is 4.70. The van der Waals surface area contributed by atoms with Gasteiger partial charge in [0.25, 0.3) is 5.91 Å². The smallest absolute Gasteiger partial charge is 0.353 e. The lowest BCUT2D eigenvalue weighted by molar-refractivity contribution is -0.137. The topological polar surface area (TPSA) is 49.3 Å². The molecule has 150 valence electrons. The molecule has 1 aliphatic heterocycles. The first-order valence-corrected chi connectivity index (χ1v) is 9.88. The van der Waals surface area contributed by atoms with Crippen LogP contribution in [0.2, 0.25) is 0 Å². The number of nitrogens with zero attached hydrogens (tertiary/aromatic N) is 4. The summed E-state index contributed by atoms with van der Waals surface area (Å²) in [6.07, 6.45) is -2.68. The van der Waals surface area contributed by atoms with Gasteiger partial charge in [-0.1, -0.05) is 18.2 Å². The van der Waals surface area contributed by atoms with E-state index >= 15 is 0 Å². The largest absolute Gasteiger partial charge is 0.416 e. The highest BCUT2D eigenvalue weighted by Gasteiger charge is 2.31. The van der Waals surface area contributed by atoms with E-state index in [0.717, 1.165) is 18.0 Å². The molecule has 0 spiro atoms. The molecule has 0 atom stereocenters. The number of hydrogen-bond acceptors (Lipinski definition) is 5. The Morgan fingerprint density at radius 1 is 1.03 bits per heavy atom. The van der Waals surface area contributed by atoms with E-state index in [9.17, 15) is 18.0 Å². The van der Waals surface area contributed by atoms with Gasteiger partial charge >= 0.3 is 6.18 Å². The summed E-state index contributed by atoms with van der Waals surface area (Å²) in [6, 6.07) is 10.7. The summed E-state index contributed by atoms with van der Waals surface area (Å²) in [7, 11) is 0. The number of aromatic nitrogens is 2. The minimum Gasteiger partial charge on any atom is -0.353 e. The summed E-state index contributed by atoms with van der Waals surface area (Å²) in [6.45, 7) is 2.39. The van der Waals surface area contributed by atoms with Gasteiger partial charge in [-0.2, -0.15) is 13.2 Å². The lowest BCUT2D eigenvalue weighted by Crippen LogP contribution is -2.49. The summed E-state index contributed by atoms with van der Waals surface area (Å²) in [5.41, 5.74) is -0.124. The van der Waals surface area contributed by atoms with Crippen LogP contribution in [-0.2, 0) is 6.18 Å². The Morgan fingerprint density at radius 2 is 1.83 bits per heavy atom. The Labute approximate surface area is 169 Å². The molecular weight excluding hydrogens is 401 g/mol. The third-order valence-corrected chi connectivity index (χ3v) is 5.59. The second-order valence-corrected chi connectivity index (χ2v) is 7.44. The Kier molecular flexibility index (Phi) is 5.23. The first-order chi connectivity index (χ1) is 13.9. The Morgan fingerprint density at radius 3 is 2.52 bits per heavy atom. The fourth-order valence-electron chi connectivity index (χ4n) is 3.17. The molecule has 0 aliphatic carbocycles. The number of rotatable bonds is 3. The van der Waals surface area contributed by atoms with Crippen molar-refractivity contribution in [3.63, 3.8) is 0 Å². The summed E-state index contributed by atoms with van der Waals surface area (Å²) in [5, 5.41) is 2.00. The molecule has 1 aromatic carbocycles. The van der Waals surface area contributed by atoms with Gasteiger partial charge in [0.05, 0.1) is 5.56 Å². The maximum Gasteiger partial charge on any atom is 0.416 e. The summed E-state index contributed by atoms with van der Waals surface area (Å²) < 4.78 is 38.8. The van der Waals surface area contributed by atoms with E-state index in [2.05, 4.69) is 14.9 Å². The molecule has 9 heteroatoms. The first-order valence-electron chi connectivity index (χ1n) is 9.00. The molecule has 1 aliphatic rings. The van der Waals surface area contributed by atoms with Gasteiger partial charge in [-0.15, -0.1) is 11.3 Å². The van der Waals surface area contributed by atoms with Crippen molar-refractivity contribution < 1.29 is 18.0 Å². The van der Waals surface area contributed by atoms with Gasteiger partial charge in [0.2, 0.25) is 0 Å². The second kappa shape index (κ2) is 7.82. The molecule has 1 amide bonds. The number of carbonyl (C=O) groups is 1. The number of halogens is 3. The van der Waals surface area contributed by atoms with Crippen molar-refractivity contribution in [2.75, 3.05) is 31.1 Å². The molecular formula is C20H17F3N4OS. The maximum absolute atomic E-state index is 12.9. The van der Waals surface area contributed by atoms with E-state index in [1.165, 1.54) is 17.4 Å². The predicted molar refractivity (Wildman–Crippen MR) is 105 cm³/mol. The highest BCUT2D eigenvalue weighted by Crippen LogP contribution is 2.33. The Bertz CT molecular complexity index is 998. The normalized spacial score (nSPS) is 14.9. The van der Waals surface area contributed by atoms with Crippen molar-refractivity contribution in [1.82, 2.24) is 14.9 Å². The number of alkyl halides is 3. The number of hydrogen-bond donors (Lipinski definition) is 0. The average molecular weight is 418 g/mol. The maximum atomic E-state index is 12.9. The second-order valence-electron chi connectivity index (χ2n) is 6.58. The van der Waals surface area contributed by atoms with E-state index < -0.39 is 11.7 Å². The monoisotopic (exact) mass is 418 g/mol. The summed E-state index contributed by atoms with van der Waals surface area (Å²) in [5.74, 6) is 0.667. The number of anilines is 1. The van der Waals surface area contributed by atoms with Crippen molar-refractivity contribution >= 4 is 23.1 Å². The molecule has 0 unspecified atom stereocenters. The molecule has 0 bridgehead atoms. The summed E-state index contributed by atoms with van der Waals surface area (Å²) in [4.78, 5) is 25.2. The van der Waals surface area contributed by atoms with Crippen LogP contribution in [0.25, 0.3) is 10.6 Å². The Balaban J connectivity index is 1.44. The van der Waals surface area contributed by atoms with E-state index in [0.29, 0.717) is 36.8 Å². The van der Waals surface area contributed by atoms with Gasteiger partial charge < -0.3 is 9.80 Å². The quantitative estimate of drug-likeness (QED) is 0.640. The van der Waals surface area contributed by atoms with Crippen LogP contribution in [0.3, 0.4) is 0 Å². The molecule has 1 saturated heterocycles. The molecule has 29 heavy (non-hydrogen) atoms. The molecule has 2 aromatic heterocycles. The molecule has 0 radical (unpaired) electrons. The van der Waals surface area contributed by atoms with Crippen LogP contribution in [0.15, 0.2) is 54.0 Å². The predicted octanol–water partition coefficient (Wildman–Crippen LogP) is 4.19. The van der Waals surface area contributed by atoms with Crippen molar-refractivity contribution in [3.8, 4) is 10.6 Å². The molecule has 1 fully saturated rings. The lowest BCUT2D eigenvalue weighted by Gasteiger charge is -2.35. The number of amides is 1. The van der Waals surface area contributed by atoms with Gasteiger partial charge in [-0.05, 0) is 24.3 Å². The van der Waals surface area contributed by atoms with Gasteiger partial charge in [0, 0.05) is 43.3 Å². The van der Waals surface area contributed by atoms with E-state index in [4.69, 9.17) is 0 Å². The molecule has 5 nitrogen and oxygen atoms in total. The minimum atomic E-state index is -4.42. The Hall–Kier alpha value is -2.94. The zero-order chi connectivity index (χ0) is 20.4. The minimum absolute atomic E-state index is 0.208. The van der Waals surface area contributed by atoms with Gasteiger partial charge in [0.15, 0.2) is 0 Å². The van der Waals surface area contributed by atoms with Gasteiger partial charge in [-0.25, -0.2) is 9.97 Å². The fraction of sp³-hybridized carbons (Fsp3) is 0.250. The van der Waals surface area contributed by atoms with Gasteiger partial charge in [-0.3, -0.25) is 4.79 Å². The van der Waals surface area contributed by atoms with Crippen LogP contribution in [0.5, 0.6) is 0 Å². The molecule has 3 aromatic rings. The van der Waals surface area contributed by atoms with Crippen molar-refractivity contribution in [1.29, 1.82) is 0 Å². The van der Waals surface area contributed by atoms with Crippen molar-refractivity contribution in [2.45, 2.75) is 6.18 Å².